The number of benzene rings is 1. The van der Waals surface area contributed by atoms with Crippen molar-refractivity contribution in [3.8, 4) is 5.75 Å². The van der Waals surface area contributed by atoms with Gasteiger partial charge in [0.2, 0.25) is 0 Å². The molecule has 1 aromatic rings. The minimum atomic E-state index is -0.844. The van der Waals surface area contributed by atoms with Gasteiger partial charge in [0.25, 0.3) is 5.91 Å². The lowest BCUT2D eigenvalue weighted by Crippen LogP contribution is -2.35. The zero-order valence-electron chi connectivity index (χ0n) is 11.3. The monoisotopic (exact) mass is 263 g/mol. The standard InChI is InChI=1S/C14H17NO4/c1-14(2,7-13(17)18)9-4-5-11-10(6-9)15(3)12(16)8-19-11/h4-6H,7-8H2,1-3H3,(H,17,18). The van der Waals surface area contributed by atoms with E-state index < -0.39 is 11.4 Å². The fourth-order valence-electron chi connectivity index (χ4n) is 2.17. The number of aliphatic carboxylic acids is 1. The molecule has 0 unspecified atom stereocenters. The summed E-state index contributed by atoms with van der Waals surface area (Å²) < 4.78 is 5.35. The van der Waals surface area contributed by atoms with Gasteiger partial charge in [-0.15, -0.1) is 0 Å². The number of ether oxygens (including phenoxy) is 1. The third-order valence-corrected chi connectivity index (χ3v) is 3.42. The Bertz CT molecular complexity index is 536. The van der Waals surface area contributed by atoms with Gasteiger partial charge in [0.05, 0.1) is 12.1 Å². The fraction of sp³-hybridized carbons (Fsp3) is 0.429. The minimum Gasteiger partial charge on any atom is -0.482 e. The van der Waals surface area contributed by atoms with Crippen molar-refractivity contribution < 1.29 is 19.4 Å². The Morgan fingerprint density at radius 2 is 2.16 bits per heavy atom. The van der Waals surface area contributed by atoms with Crippen molar-refractivity contribution in [2.45, 2.75) is 25.7 Å². The van der Waals surface area contributed by atoms with Crippen LogP contribution < -0.4 is 9.64 Å². The van der Waals surface area contributed by atoms with E-state index in [-0.39, 0.29) is 18.9 Å². The molecule has 1 aromatic carbocycles. The normalized spacial score (nSPS) is 14.9. The third-order valence-electron chi connectivity index (χ3n) is 3.42. The highest BCUT2D eigenvalue weighted by Crippen LogP contribution is 2.36. The van der Waals surface area contributed by atoms with Crippen molar-refractivity contribution in [3.05, 3.63) is 23.8 Å². The van der Waals surface area contributed by atoms with E-state index in [0.717, 1.165) is 5.56 Å². The van der Waals surface area contributed by atoms with E-state index in [1.807, 2.05) is 26.0 Å². The second-order valence-electron chi connectivity index (χ2n) is 5.38. The van der Waals surface area contributed by atoms with Crippen LogP contribution in [-0.2, 0) is 15.0 Å². The van der Waals surface area contributed by atoms with Crippen LogP contribution in [0.25, 0.3) is 0 Å². The van der Waals surface area contributed by atoms with Crippen molar-refractivity contribution in [1.82, 2.24) is 0 Å². The highest BCUT2D eigenvalue weighted by Gasteiger charge is 2.28. The van der Waals surface area contributed by atoms with Crippen LogP contribution in [0.4, 0.5) is 5.69 Å². The van der Waals surface area contributed by atoms with Crippen LogP contribution in [0.3, 0.4) is 0 Å². The Balaban J connectivity index is 2.40. The Labute approximate surface area is 111 Å². The maximum absolute atomic E-state index is 11.6. The number of rotatable bonds is 3. The molecule has 1 aliphatic heterocycles. The van der Waals surface area contributed by atoms with Gasteiger partial charge in [0.15, 0.2) is 6.61 Å². The summed E-state index contributed by atoms with van der Waals surface area (Å²) >= 11 is 0. The summed E-state index contributed by atoms with van der Waals surface area (Å²) in [4.78, 5) is 24.0. The summed E-state index contributed by atoms with van der Waals surface area (Å²) in [5.74, 6) is -0.305. The van der Waals surface area contributed by atoms with Gasteiger partial charge in [-0.1, -0.05) is 19.9 Å². The number of anilines is 1. The average molecular weight is 263 g/mol. The van der Waals surface area contributed by atoms with Crippen molar-refractivity contribution in [3.63, 3.8) is 0 Å². The maximum Gasteiger partial charge on any atom is 0.304 e. The zero-order chi connectivity index (χ0) is 14.2. The Kier molecular flexibility index (Phi) is 3.22. The number of carboxylic acid groups (broad SMARTS) is 1. The minimum absolute atomic E-state index is 0.0320. The molecule has 0 saturated heterocycles. The van der Waals surface area contributed by atoms with E-state index >= 15 is 0 Å². The molecule has 0 spiro atoms. The molecule has 5 heteroatoms. The van der Waals surface area contributed by atoms with Gasteiger partial charge in [-0.3, -0.25) is 9.59 Å². The molecule has 0 fully saturated rings. The molecule has 19 heavy (non-hydrogen) atoms. The van der Waals surface area contributed by atoms with Crippen LogP contribution in [0.2, 0.25) is 0 Å². The molecule has 0 saturated carbocycles. The zero-order valence-corrected chi connectivity index (χ0v) is 11.3. The molecular weight excluding hydrogens is 246 g/mol. The SMILES string of the molecule is CN1C(=O)COc2ccc(C(C)(C)CC(=O)O)cc21. The van der Waals surface area contributed by atoms with Gasteiger partial charge in [-0.2, -0.15) is 0 Å². The molecule has 1 amide bonds. The number of fused-ring (bicyclic) bond motifs is 1. The van der Waals surface area contributed by atoms with Crippen LogP contribution in [0.5, 0.6) is 5.75 Å². The van der Waals surface area contributed by atoms with Gasteiger partial charge >= 0.3 is 5.97 Å². The number of hydrogen-bond acceptors (Lipinski definition) is 3. The summed E-state index contributed by atoms with van der Waals surface area (Å²) in [5.41, 5.74) is 1.06. The van der Waals surface area contributed by atoms with E-state index in [9.17, 15) is 9.59 Å². The van der Waals surface area contributed by atoms with Gasteiger partial charge in [0.1, 0.15) is 5.75 Å². The van der Waals surface area contributed by atoms with Crippen molar-refractivity contribution in [2.75, 3.05) is 18.6 Å². The predicted molar refractivity (Wildman–Crippen MR) is 70.6 cm³/mol. The lowest BCUT2D eigenvalue weighted by Gasteiger charge is -2.29. The van der Waals surface area contributed by atoms with Gasteiger partial charge in [-0.25, -0.2) is 0 Å². The quantitative estimate of drug-likeness (QED) is 0.903. The summed E-state index contributed by atoms with van der Waals surface area (Å²) in [5, 5.41) is 8.95. The number of carbonyl (C=O) groups is 2. The first kappa shape index (κ1) is 13.4. The summed E-state index contributed by atoms with van der Waals surface area (Å²) in [6, 6.07) is 5.47. The molecule has 102 valence electrons. The largest absolute Gasteiger partial charge is 0.482 e. The van der Waals surface area contributed by atoms with Crippen LogP contribution >= 0.6 is 0 Å². The first-order valence-corrected chi connectivity index (χ1v) is 6.07. The number of likely N-dealkylation sites (N-methyl/N-ethyl adjacent to an activating group) is 1. The number of hydrogen-bond donors (Lipinski definition) is 1. The van der Waals surface area contributed by atoms with Gasteiger partial charge < -0.3 is 14.7 Å². The molecule has 1 N–H and O–H groups in total. The second kappa shape index (κ2) is 4.57. The molecule has 0 atom stereocenters. The lowest BCUT2D eigenvalue weighted by atomic mass is 9.81. The first-order valence-electron chi connectivity index (χ1n) is 6.07. The number of nitrogens with zero attached hydrogens (tertiary/aromatic N) is 1. The van der Waals surface area contributed by atoms with Gasteiger partial charge in [0, 0.05) is 12.5 Å². The highest BCUT2D eigenvalue weighted by molar-refractivity contribution is 5.97. The molecule has 0 radical (unpaired) electrons. The van der Waals surface area contributed by atoms with E-state index in [2.05, 4.69) is 0 Å². The van der Waals surface area contributed by atoms with Crippen molar-refractivity contribution in [2.24, 2.45) is 0 Å². The van der Waals surface area contributed by atoms with E-state index in [0.29, 0.717) is 11.4 Å². The molecule has 0 aliphatic carbocycles. The lowest BCUT2D eigenvalue weighted by molar-refractivity contribution is -0.138. The van der Waals surface area contributed by atoms with E-state index in [1.54, 1.807) is 18.0 Å². The molecular formula is C14H17NO4. The molecule has 1 heterocycles. The van der Waals surface area contributed by atoms with Crippen molar-refractivity contribution in [1.29, 1.82) is 0 Å². The van der Waals surface area contributed by atoms with Gasteiger partial charge in [-0.05, 0) is 17.7 Å². The van der Waals surface area contributed by atoms with Crippen molar-refractivity contribution >= 4 is 17.6 Å². The first-order chi connectivity index (χ1) is 8.81. The third kappa shape index (κ3) is 2.54. The van der Waals surface area contributed by atoms with Crippen LogP contribution in [0, 0.1) is 0 Å². The molecule has 0 bridgehead atoms. The highest BCUT2D eigenvalue weighted by atomic mass is 16.5. The number of carboxylic acids is 1. The maximum atomic E-state index is 11.6. The molecule has 5 nitrogen and oxygen atoms in total. The average Bonchev–Trinajstić information content (AvgIpc) is 2.32. The molecule has 2 rings (SSSR count). The van der Waals surface area contributed by atoms with Crippen LogP contribution in [0.1, 0.15) is 25.8 Å². The smallest absolute Gasteiger partial charge is 0.304 e. The topological polar surface area (TPSA) is 66.8 Å². The second-order valence-corrected chi connectivity index (χ2v) is 5.38. The number of carbonyl (C=O) groups excluding carboxylic acids is 1. The van der Waals surface area contributed by atoms with E-state index in [1.165, 1.54) is 0 Å². The summed E-state index contributed by atoms with van der Waals surface area (Å²) in [7, 11) is 1.69. The number of amides is 1. The summed E-state index contributed by atoms with van der Waals surface area (Å²) in [6.07, 6.45) is 0.0320. The van der Waals surface area contributed by atoms with Crippen LogP contribution in [0.15, 0.2) is 18.2 Å². The van der Waals surface area contributed by atoms with Crippen LogP contribution in [-0.4, -0.2) is 30.6 Å². The summed E-state index contributed by atoms with van der Waals surface area (Å²) in [6.45, 7) is 3.78. The fourth-order valence-corrected chi connectivity index (χ4v) is 2.17. The Hall–Kier alpha value is -2.04. The predicted octanol–water partition coefficient (Wildman–Crippen LogP) is 1.79. The van der Waals surface area contributed by atoms with E-state index in [4.69, 9.17) is 9.84 Å². The Morgan fingerprint density at radius 3 is 2.79 bits per heavy atom. The molecule has 1 aliphatic rings. The molecule has 0 aromatic heterocycles. The Morgan fingerprint density at radius 1 is 1.47 bits per heavy atom.